The Bertz CT molecular complexity index is 619. The maximum atomic E-state index is 9.19. The molecule has 0 aliphatic rings. The van der Waals surface area contributed by atoms with Crippen molar-refractivity contribution in [3.05, 3.63) is 69.8 Å². The summed E-state index contributed by atoms with van der Waals surface area (Å²) in [7, 11) is 0. The second kappa shape index (κ2) is 6.88. The van der Waals surface area contributed by atoms with E-state index in [0.29, 0.717) is 6.04 Å². The summed E-state index contributed by atoms with van der Waals surface area (Å²) < 4.78 is 0. The Morgan fingerprint density at radius 1 is 0.952 bits per heavy atom. The molecule has 1 atom stereocenters. The van der Waals surface area contributed by atoms with Crippen LogP contribution >= 0.6 is 0 Å². The van der Waals surface area contributed by atoms with E-state index in [0.717, 1.165) is 12.1 Å². The van der Waals surface area contributed by atoms with Crippen LogP contribution in [0.1, 0.15) is 46.3 Å². The van der Waals surface area contributed by atoms with E-state index in [4.69, 9.17) is 0 Å². The van der Waals surface area contributed by atoms with Crippen LogP contribution in [0.3, 0.4) is 0 Å². The molecule has 0 aliphatic carbocycles. The van der Waals surface area contributed by atoms with Gasteiger partial charge in [-0.25, -0.2) is 0 Å². The molecule has 21 heavy (non-hydrogen) atoms. The molecule has 2 aromatic rings. The van der Waals surface area contributed by atoms with Crippen molar-refractivity contribution in [3.8, 4) is 0 Å². The van der Waals surface area contributed by atoms with Gasteiger partial charge in [-0.15, -0.1) is 0 Å². The predicted octanol–water partition coefficient (Wildman–Crippen LogP) is 3.95. The van der Waals surface area contributed by atoms with Crippen molar-refractivity contribution in [1.29, 1.82) is 0 Å². The van der Waals surface area contributed by atoms with Crippen molar-refractivity contribution in [3.63, 3.8) is 0 Å². The molecule has 0 aromatic heterocycles. The van der Waals surface area contributed by atoms with E-state index in [2.05, 4.69) is 51.2 Å². The summed E-state index contributed by atoms with van der Waals surface area (Å²) in [6.45, 7) is 9.60. The molecule has 0 saturated carbocycles. The first-order valence-electron chi connectivity index (χ1n) is 7.51. The molecule has 0 saturated heterocycles. The first kappa shape index (κ1) is 15.7. The molecule has 1 unspecified atom stereocenters. The molecule has 0 amide bonds. The van der Waals surface area contributed by atoms with Gasteiger partial charge >= 0.3 is 0 Å². The lowest BCUT2D eigenvalue weighted by Crippen LogP contribution is -2.19. The topological polar surface area (TPSA) is 32.3 Å². The van der Waals surface area contributed by atoms with Crippen LogP contribution in [0.4, 0.5) is 0 Å². The zero-order valence-corrected chi connectivity index (χ0v) is 13.4. The fraction of sp³-hybridized carbons (Fsp3) is 0.368. The second-order valence-corrected chi connectivity index (χ2v) is 5.87. The standard InChI is InChI=1S/C19H25NO/c1-13-8-15(3)19(9-14(13)2)16(4)20-11-17-6-5-7-18(10-17)12-21/h5-10,16,20-21H,11-12H2,1-4H3. The van der Waals surface area contributed by atoms with Crippen LogP contribution in [-0.4, -0.2) is 5.11 Å². The smallest absolute Gasteiger partial charge is 0.0681 e. The molecule has 2 rings (SSSR count). The maximum Gasteiger partial charge on any atom is 0.0681 e. The summed E-state index contributed by atoms with van der Waals surface area (Å²) in [6, 6.07) is 12.9. The molecule has 0 bridgehead atoms. The Hall–Kier alpha value is -1.64. The fourth-order valence-corrected chi connectivity index (χ4v) is 2.67. The monoisotopic (exact) mass is 283 g/mol. The van der Waals surface area contributed by atoms with Gasteiger partial charge in [0.15, 0.2) is 0 Å². The van der Waals surface area contributed by atoms with Gasteiger partial charge in [0.1, 0.15) is 0 Å². The summed E-state index contributed by atoms with van der Waals surface area (Å²) in [5, 5.41) is 12.8. The summed E-state index contributed by atoms with van der Waals surface area (Å²) >= 11 is 0. The fourth-order valence-electron chi connectivity index (χ4n) is 2.67. The molecule has 0 radical (unpaired) electrons. The molecule has 2 heteroatoms. The number of hydrogen-bond acceptors (Lipinski definition) is 2. The highest BCUT2D eigenvalue weighted by Crippen LogP contribution is 2.22. The van der Waals surface area contributed by atoms with Crippen molar-refractivity contribution in [2.45, 2.75) is 46.9 Å². The zero-order chi connectivity index (χ0) is 15.4. The Morgan fingerprint density at radius 2 is 1.62 bits per heavy atom. The maximum absolute atomic E-state index is 9.19. The number of aliphatic hydroxyl groups excluding tert-OH is 1. The minimum absolute atomic E-state index is 0.0969. The Morgan fingerprint density at radius 3 is 2.33 bits per heavy atom. The number of benzene rings is 2. The largest absolute Gasteiger partial charge is 0.392 e. The van der Waals surface area contributed by atoms with Gasteiger partial charge in [-0.1, -0.05) is 36.4 Å². The van der Waals surface area contributed by atoms with Crippen molar-refractivity contribution in [2.75, 3.05) is 0 Å². The first-order valence-corrected chi connectivity index (χ1v) is 7.51. The van der Waals surface area contributed by atoms with E-state index in [1.54, 1.807) is 0 Å². The Balaban J connectivity index is 2.07. The number of nitrogens with one attached hydrogen (secondary N) is 1. The molecule has 0 aliphatic heterocycles. The minimum atomic E-state index is 0.0969. The predicted molar refractivity (Wildman–Crippen MR) is 88.3 cm³/mol. The van der Waals surface area contributed by atoms with Crippen LogP contribution in [0.15, 0.2) is 36.4 Å². The third kappa shape index (κ3) is 3.93. The second-order valence-electron chi connectivity index (χ2n) is 5.87. The highest BCUT2D eigenvalue weighted by molar-refractivity contribution is 5.38. The SMILES string of the molecule is Cc1cc(C)c(C(C)NCc2cccc(CO)c2)cc1C. The van der Waals surface area contributed by atoms with Gasteiger partial charge in [0.25, 0.3) is 0 Å². The third-order valence-electron chi connectivity index (χ3n) is 4.14. The van der Waals surface area contributed by atoms with E-state index >= 15 is 0 Å². The van der Waals surface area contributed by atoms with Crippen LogP contribution in [-0.2, 0) is 13.2 Å². The number of aliphatic hydroxyl groups is 1. The van der Waals surface area contributed by atoms with E-state index < -0.39 is 0 Å². The average Bonchev–Trinajstić information content (AvgIpc) is 2.48. The highest BCUT2D eigenvalue weighted by atomic mass is 16.3. The van der Waals surface area contributed by atoms with Gasteiger partial charge in [-0.3, -0.25) is 0 Å². The normalized spacial score (nSPS) is 12.4. The molecule has 2 aromatic carbocycles. The van der Waals surface area contributed by atoms with Crippen molar-refractivity contribution in [1.82, 2.24) is 5.32 Å². The molecule has 0 spiro atoms. The molecular formula is C19H25NO. The summed E-state index contributed by atoms with van der Waals surface area (Å²) in [6.07, 6.45) is 0. The molecule has 0 heterocycles. The van der Waals surface area contributed by atoms with Gasteiger partial charge in [-0.2, -0.15) is 0 Å². The van der Waals surface area contributed by atoms with E-state index in [1.165, 1.54) is 27.8 Å². The Kier molecular flexibility index (Phi) is 5.16. The lowest BCUT2D eigenvalue weighted by molar-refractivity contribution is 0.281. The lowest BCUT2D eigenvalue weighted by atomic mass is 9.96. The molecule has 2 nitrogen and oxygen atoms in total. The third-order valence-corrected chi connectivity index (χ3v) is 4.14. The van der Waals surface area contributed by atoms with E-state index in [9.17, 15) is 5.11 Å². The average molecular weight is 283 g/mol. The van der Waals surface area contributed by atoms with E-state index in [-0.39, 0.29) is 6.61 Å². The van der Waals surface area contributed by atoms with Crippen LogP contribution in [0, 0.1) is 20.8 Å². The summed E-state index contributed by atoms with van der Waals surface area (Å²) in [4.78, 5) is 0. The zero-order valence-electron chi connectivity index (χ0n) is 13.4. The minimum Gasteiger partial charge on any atom is -0.392 e. The number of hydrogen-bond donors (Lipinski definition) is 2. The molecule has 0 fully saturated rings. The van der Waals surface area contributed by atoms with Gasteiger partial charge in [0.2, 0.25) is 0 Å². The summed E-state index contributed by atoms with van der Waals surface area (Å²) in [5.74, 6) is 0. The van der Waals surface area contributed by atoms with E-state index in [1.807, 2.05) is 18.2 Å². The van der Waals surface area contributed by atoms with Crippen molar-refractivity contribution >= 4 is 0 Å². The highest BCUT2D eigenvalue weighted by Gasteiger charge is 2.09. The van der Waals surface area contributed by atoms with Gasteiger partial charge in [0, 0.05) is 12.6 Å². The van der Waals surface area contributed by atoms with Gasteiger partial charge in [-0.05, 0) is 61.1 Å². The Labute approximate surface area is 127 Å². The molecular weight excluding hydrogens is 258 g/mol. The van der Waals surface area contributed by atoms with Crippen LogP contribution < -0.4 is 5.32 Å². The van der Waals surface area contributed by atoms with Crippen molar-refractivity contribution < 1.29 is 5.11 Å². The van der Waals surface area contributed by atoms with Gasteiger partial charge in [0.05, 0.1) is 6.61 Å². The van der Waals surface area contributed by atoms with Crippen LogP contribution in [0.25, 0.3) is 0 Å². The number of rotatable bonds is 5. The lowest BCUT2D eigenvalue weighted by Gasteiger charge is -2.18. The quantitative estimate of drug-likeness (QED) is 0.870. The summed E-state index contributed by atoms with van der Waals surface area (Å²) in [5.41, 5.74) is 7.54. The van der Waals surface area contributed by atoms with Crippen LogP contribution in [0.2, 0.25) is 0 Å². The molecule has 2 N–H and O–H groups in total. The van der Waals surface area contributed by atoms with Gasteiger partial charge < -0.3 is 10.4 Å². The first-order chi connectivity index (χ1) is 10.0. The molecule has 112 valence electrons. The number of aryl methyl sites for hydroxylation is 3. The van der Waals surface area contributed by atoms with Crippen molar-refractivity contribution in [2.24, 2.45) is 0 Å². The van der Waals surface area contributed by atoms with Crippen LogP contribution in [0.5, 0.6) is 0 Å².